The molecular formula is C61H67N3O. The molecular weight excluding hydrogens is 791 g/mol. The molecule has 6 aromatic carbocycles. The van der Waals surface area contributed by atoms with E-state index in [1.54, 1.807) is 24.4 Å². The Hall–Kier alpha value is -6.26. The normalized spacial score (nSPS) is 15.1. The molecule has 2 aromatic heterocycles. The smallest absolute Gasteiger partial charge is 0.149 e. The van der Waals surface area contributed by atoms with Crippen LogP contribution in [0, 0.1) is 6.92 Å². The highest BCUT2D eigenvalue weighted by atomic mass is 16.3. The predicted octanol–water partition coefficient (Wildman–Crippen LogP) is 16.9. The van der Waals surface area contributed by atoms with Gasteiger partial charge in [-0.05, 0) is 134 Å². The summed E-state index contributed by atoms with van der Waals surface area (Å²) >= 11 is 0. The molecule has 0 aliphatic rings. The zero-order chi connectivity index (χ0) is 54.2. The summed E-state index contributed by atoms with van der Waals surface area (Å²) in [4.78, 5) is 10.5. The number of benzene rings is 6. The third-order valence-corrected chi connectivity index (χ3v) is 12.6. The van der Waals surface area contributed by atoms with Crippen LogP contribution in [-0.4, -0.2) is 19.6 Å². The Morgan fingerprint density at radius 1 is 0.554 bits per heavy atom. The van der Waals surface area contributed by atoms with E-state index < -0.39 is 26.0 Å². The summed E-state index contributed by atoms with van der Waals surface area (Å²) in [5.74, 6) is 1.05. The van der Waals surface area contributed by atoms with Crippen molar-refractivity contribution in [2.75, 3.05) is 0 Å². The van der Waals surface area contributed by atoms with Crippen LogP contribution in [0.25, 0.3) is 72.7 Å². The molecule has 8 aromatic rings. The van der Waals surface area contributed by atoms with Crippen LogP contribution >= 0.6 is 0 Å². The standard InChI is InChI=1S/C61H67N3O/c1-37(2)43-34-50(38(3)4)57(65)52(35-43)58-63-56-49(16-15-17-55(56)64(58)54-27-18-39(5)30-51(54)41-21-25-47(26-22-41)60(9,10)11)44-31-45(33-48(32-44)61(12,13)14)53-36-42(28-29-62-53)40-19-23-46(24-20-40)59(6,7)8/h15-38,65H,1-14H3/i6D3,7D3,8D3. The van der Waals surface area contributed by atoms with Gasteiger partial charge < -0.3 is 5.11 Å². The maximum Gasteiger partial charge on any atom is 0.149 e. The molecule has 0 radical (unpaired) electrons. The van der Waals surface area contributed by atoms with Crippen LogP contribution in [0.5, 0.6) is 5.75 Å². The second-order valence-corrected chi connectivity index (χ2v) is 20.4. The topological polar surface area (TPSA) is 50.9 Å². The number of nitrogens with zero attached hydrogens (tertiary/aromatic N) is 3. The number of hydrogen-bond donors (Lipinski definition) is 1. The maximum absolute atomic E-state index is 12.3. The first-order valence-electron chi connectivity index (χ1n) is 27.2. The lowest BCUT2D eigenvalue weighted by molar-refractivity contribution is 0.466. The number of fused-ring (bicyclic) bond motifs is 1. The number of pyridine rings is 1. The van der Waals surface area contributed by atoms with E-state index in [4.69, 9.17) is 22.3 Å². The van der Waals surface area contributed by atoms with Gasteiger partial charge in [0.2, 0.25) is 0 Å². The van der Waals surface area contributed by atoms with Gasteiger partial charge in [-0.2, -0.15) is 0 Å². The van der Waals surface area contributed by atoms with Crippen LogP contribution in [0.15, 0.2) is 134 Å². The SMILES string of the molecule is [2H]C([2H])([2H])C(c1ccc(-c2ccnc(-c3cc(-c4cccc5c4nc(-c4cc(C(C)C)cc(C(C)C)c4O)n5-c4ccc(C)cc4-c4ccc(C(C)(C)C)cc4)cc(C(C)(C)C)c3)c2)cc1)(C([2H])([2H])[2H])C([2H])([2H])[2H]. The first-order chi connectivity index (χ1) is 34.3. The van der Waals surface area contributed by atoms with E-state index in [9.17, 15) is 5.11 Å². The fourth-order valence-electron chi connectivity index (χ4n) is 8.65. The molecule has 2 heterocycles. The van der Waals surface area contributed by atoms with E-state index in [0.29, 0.717) is 28.2 Å². The molecule has 65 heavy (non-hydrogen) atoms. The molecule has 4 heteroatoms. The number of phenolic OH excluding ortho intramolecular Hbond substituents is 1. The molecule has 0 amide bonds. The van der Waals surface area contributed by atoms with E-state index in [2.05, 4.69) is 172 Å². The van der Waals surface area contributed by atoms with Gasteiger partial charge >= 0.3 is 0 Å². The van der Waals surface area contributed by atoms with Crippen molar-refractivity contribution >= 4 is 11.0 Å². The Labute approximate surface area is 401 Å². The Balaban J connectivity index is 1.35. The minimum atomic E-state index is -3.37. The van der Waals surface area contributed by atoms with Gasteiger partial charge in [0.25, 0.3) is 0 Å². The quantitative estimate of drug-likeness (QED) is 0.166. The molecule has 8 rings (SSSR count). The first-order valence-corrected chi connectivity index (χ1v) is 22.7. The number of rotatable bonds is 8. The monoisotopic (exact) mass is 867 g/mol. The van der Waals surface area contributed by atoms with E-state index in [1.807, 2.05) is 6.07 Å². The molecule has 0 atom stereocenters. The fraction of sp³-hybridized carbons (Fsp3) is 0.311. The average Bonchev–Trinajstić information content (AvgIpc) is 3.69. The minimum Gasteiger partial charge on any atom is -0.507 e. The summed E-state index contributed by atoms with van der Waals surface area (Å²) in [6, 6.07) is 41.6. The number of aryl methyl sites for hydroxylation is 1. The summed E-state index contributed by atoms with van der Waals surface area (Å²) < 4.78 is 76.1. The molecule has 0 fully saturated rings. The van der Waals surface area contributed by atoms with E-state index in [0.717, 1.165) is 66.8 Å². The molecule has 0 saturated carbocycles. The third-order valence-electron chi connectivity index (χ3n) is 12.6. The van der Waals surface area contributed by atoms with E-state index in [1.165, 1.54) is 17.7 Å². The number of aromatic nitrogens is 3. The van der Waals surface area contributed by atoms with Crippen LogP contribution in [0.4, 0.5) is 0 Å². The van der Waals surface area contributed by atoms with Crippen molar-refractivity contribution in [3.63, 3.8) is 0 Å². The largest absolute Gasteiger partial charge is 0.507 e. The number of para-hydroxylation sites is 1. The van der Waals surface area contributed by atoms with Crippen LogP contribution in [0.1, 0.15) is 147 Å². The fourth-order valence-corrected chi connectivity index (χ4v) is 8.65. The van der Waals surface area contributed by atoms with Crippen molar-refractivity contribution in [3.8, 4) is 67.5 Å². The lowest BCUT2D eigenvalue weighted by atomic mass is 9.83. The number of phenols is 1. The van der Waals surface area contributed by atoms with E-state index >= 15 is 0 Å². The molecule has 4 nitrogen and oxygen atoms in total. The molecule has 0 aliphatic heterocycles. The van der Waals surface area contributed by atoms with Gasteiger partial charge in [-0.25, -0.2) is 4.98 Å². The summed E-state index contributed by atoms with van der Waals surface area (Å²) in [5, 5.41) is 12.3. The Bertz CT molecular complexity index is 3350. The highest BCUT2D eigenvalue weighted by Crippen LogP contribution is 2.45. The summed E-state index contributed by atoms with van der Waals surface area (Å²) in [5.41, 5.74) is 11.5. The summed E-state index contributed by atoms with van der Waals surface area (Å²) in [7, 11) is 0. The van der Waals surface area contributed by atoms with Crippen molar-refractivity contribution in [2.45, 2.75) is 125 Å². The van der Waals surface area contributed by atoms with Crippen molar-refractivity contribution < 1.29 is 17.4 Å². The van der Waals surface area contributed by atoms with Crippen molar-refractivity contribution in [1.29, 1.82) is 0 Å². The molecule has 0 spiro atoms. The summed E-state index contributed by atoms with van der Waals surface area (Å²) in [6.07, 6.45) is 1.69. The molecule has 1 N–H and O–H groups in total. The Kier molecular flexibility index (Phi) is 9.14. The van der Waals surface area contributed by atoms with Gasteiger partial charge in [-0.3, -0.25) is 9.55 Å². The Morgan fingerprint density at radius 2 is 1.20 bits per heavy atom. The molecule has 0 saturated heterocycles. The predicted molar refractivity (Wildman–Crippen MR) is 277 cm³/mol. The highest BCUT2D eigenvalue weighted by Gasteiger charge is 2.26. The van der Waals surface area contributed by atoms with Gasteiger partial charge in [0.05, 0.1) is 28.0 Å². The van der Waals surface area contributed by atoms with Crippen LogP contribution in [-0.2, 0) is 16.2 Å². The number of aromatic hydroxyl groups is 1. The van der Waals surface area contributed by atoms with Gasteiger partial charge in [0.1, 0.15) is 11.6 Å². The lowest BCUT2D eigenvalue weighted by Crippen LogP contribution is -2.11. The van der Waals surface area contributed by atoms with Crippen molar-refractivity contribution in [3.05, 3.63) is 167 Å². The van der Waals surface area contributed by atoms with Gasteiger partial charge in [-0.1, -0.05) is 174 Å². The highest BCUT2D eigenvalue weighted by molar-refractivity contribution is 5.98. The second kappa shape index (κ2) is 16.9. The van der Waals surface area contributed by atoms with Gasteiger partial charge in [0, 0.05) is 35.2 Å². The van der Waals surface area contributed by atoms with Gasteiger partial charge in [-0.15, -0.1) is 0 Å². The zero-order valence-corrected chi connectivity index (χ0v) is 39.6. The molecule has 0 aliphatic carbocycles. The van der Waals surface area contributed by atoms with Crippen molar-refractivity contribution in [1.82, 2.24) is 14.5 Å². The average molecular weight is 867 g/mol. The minimum absolute atomic E-state index is 0.0201. The number of imidazole rings is 1. The maximum atomic E-state index is 12.3. The van der Waals surface area contributed by atoms with E-state index in [-0.39, 0.29) is 34.0 Å². The lowest BCUT2D eigenvalue weighted by Gasteiger charge is -2.22. The Morgan fingerprint density at radius 3 is 1.83 bits per heavy atom. The zero-order valence-electron chi connectivity index (χ0n) is 48.6. The van der Waals surface area contributed by atoms with Crippen molar-refractivity contribution in [2.24, 2.45) is 0 Å². The van der Waals surface area contributed by atoms with Gasteiger partial charge in [0.15, 0.2) is 0 Å². The van der Waals surface area contributed by atoms with Crippen LogP contribution in [0.3, 0.4) is 0 Å². The van der Waals surface area contributed by atoms with Crippen LogP contribution in [0.2, 0.25) is 0 Å². The molecule has 0 bridgehead atoms. The summed E-state index contributed by atoms with van der Waals surface area (Å²) in [6.45, 7) is 13.7. The van der Waals surface area contributed by atoms with Crippen LogP contribution < -0.4 is 0 Å². The molecule has 0 unspecified atom stereocenters. The third kappa shape index (κ3) is 9.06. The first kappa shape index (κ1) is 35.1. The number of hydrogen-bond acceptors (Lipinski definition) is 3. The molecule has 332 valence electrons. The second-order valence-electron chi connectivity index (χ2n) is 20.4.